The third-order valence-corrected chi connectivity index (χ3v) is 3.23. The van der Waals surface area contributed by atoms with Crippen LogP contribution in [0.2, 0.25) is 0 Å². The average molecular weight is 353 g/mol. The highest BCUT2D eigenvalue weighted by Crippen LogP contribution is 2.28. The van der Waals surface area contributed by atoms with Crippen molar-refractivity contribution in [3.05, 3.63) is 59.4 Å². The summed E-state index contributed by atoms with van der Waals surface area (Å²) in [5.41, 5.74) is 10.5. The summed E-state index contributed by atoms with van der Waals surface area (Å²) in [4.78, 5) is 15.1. The molecule has 11 heteroatoms. The van der Waals surface area contributed by atoms with Crippen LogP contribution in [0.25, 0.3) is 0 Å². The van der Waals surface area contributed by atoms with Crippen LogP contribution in [0.15, 0.2) is 46.6 Å². The zero-order valence-electron chi connectivity index (χ0n) is 12.4. The second kappa shape index (κ2) is 5.77. The first-order valence-corrected chi connectivity index (χ1v) is 6.84. The van der Waals surface area contributed by atoms with Gasteiger partial charge in [-0.1, -0.05) is 6.07 Å². The van der Waals surface area contributed by atoms with Crippen molar-refractivity contribution in [2.24, 2.45) is 21.5 Å². The van der Waals surface area contributed by atoms with Gasteiger partial charge < -0.3 is 11.1 Å². The molecule has 0 aliphatic carbocycles. The molecule has 1 aliphatic heterocycles. The first kappa shape index (κ1) is 16.8. The van der Waals surface area contributed by atoms with E-state index in [0.717, 1.165) is 18.3 Å². The molecule has 0 bridgehead atoms. The molecule has 3 heterocycles. The lowest BCUT2D eigenvalue weighted by Crippen LogP contribution is -2.49. The van der Waals surface area contributed by atoms with E-state index < -0.39 is 23.5 Å². The molecule has 2 aromatic heterocycles. The molecule has 1 atom stereocenters. The molecule has 0 saturated carbocycles. The van der Waals surface area contributed by atoms with Crippen LogP contribution in [0.4, 0.5) is 17.6 Å². The fraction of sp³-hybridized carbons (Fsp3) is 0.143. The number of amidine groups is 1. The molecule has 130 valence electrons. The Morgan fingerprint density at radius 3 is 2.56 bits per heavy atom. The topological polar surface area (TPSA) is 115 Å². The van der Waals surface area contributed by atoms with Crippen LogP contribution in [0.5, 0.6) is 0 Å². The summed E-state index contributed by atoms with van der Waals surface area (Å²) in [6.45, 7) is 0. The van der Waals surface area contributed by atoms with Gasteiger partial charge in [0.1, 0.15) is 17.2 Å². The minimum Gasteiger partial charge on any atom is -0.370 e. The van der Waals surface area contributed by atoms with Crippen molar-refractivity contribution >= 4 is 11.8 Å². The van der Waals surface area contributed by atoms with E-state index >= 15 is 0 Å². The number of pyridine rings is 2. The van der Waals surface area contributed by atoms with Gasteiger partial charge >= 0.3 is 6.18 Å². The standard InChI is InChI=1S/C14H11F4N7/c15-8-4-7(5-21-6-8)14(20)24-11(23-12(19)25-14)9-2-1-3-10(22-9)13(16,17)18/h1-6H,20H2,(H3,19,23,24,25). The van der Waals surface area contributed by atoms with Crippen molar-refractivity contribution in [1.29, 1.82) is 0 Å². The molecule has 3 rings (SSSR count). The predicted octanol–water partition coefficient (Wildman–Crippen LogP) is 1.07. The van der Waals surface area contributed by atoms with Gasteiger partial charge in [0.25, 0.3) is 0 Å². The SMILES string of the molecule is NC1=NC(N)(c2cncc(F)c2)N=C(c2cccc(C(F)(F)F)n2)N1. The monoisotopic (exact) mass is 353 g/mol. The third-order valence-electron chi connectivity index (χ3n) is 3.23. The molecule has 1 aliphatic rings. The number of nitrogens with zero attached hydrogens (tertiary/aromatic N) is 4. The van der Waals surface area contributed by atoms with Gasteiger partial charge in [0.15, 0.2) is 11.8 Å². The minimum absolute atomic E-state index is 0.0708. The molecule has 0 radical (unpaired) electrons. The Balaban J connectivity index is 2.07. The molecule has 7 nitrogen and oxygen atoms in total. The summed E-state index contributed by atoms with van der Waals surface area (Å²) in [7, 11) is 0. The molecule has 2 aromatic rings. The predicted molar refractivity (Wildman–Crippen MR) is 80.6 cm³/mol. The second-order valence-corrected chi connectivity index (χ2v) is 5.11. The lowest BCUT2D eigenvalue weighted by molar-refractivity contribution is -0.141. The van der Waals surface area contributed by atoms with Crippen LogP contribution in [0.3, 0.4) is 0 Å². The van der Waals surface area contributed by atoms with E-state index in [4.69, 9.17) is 11.5 Å². The zero-order valence-corrected chi connectivity index (χ0v) is 12.4. The van der Waals surface area contributed by atoms with E-state index in [1.54, 1.807) is 0 Å². The van der Waals surface area contributed by atoms with Gasteiger partial charge in [-0.15, -0.1) is 0 Å². The highest BCUT2D eigenvalue weighted by molar-refractivity contribution is 6.08. The van der Waals surface area contributed by atoms with Gasteiger partial charge in [0, 0.05) is 11.8 Å². The molecule has 0 fully saturated rings. The fourth-order valence-electron chi connectivity index (χ4n) is 2.14. The minimum atomic E-state index is -4.63. The number of nitrogens with one attached hydrogen (secondary N) is 1. The number of nitrogens with two attached hydrogens (primary N) is 2. The number of halogens is 4. The van der Waals surface area contributed by atoms with E-state index in [1.807, 2.05) is 0 Å². The van der Waals surface area contributed by atoms with Crippen LogP contribution in [-0.2, 0) is 12.0 Å². The summed E-state index contributed by atoms with van der Waals surface area (Å²) in [5.74, 6) is -2.87. The normalized spacial score (nSPS) is 20.5. The van der Waals surface area contributed by atoms with Gasteiger partial charge in [-0.3, -0.25) is 10.7 Å². The fourth-order valence-corrected chi connectivity index (χ4v) is 2.14. The Kier molecular flexibility index (Phi) is 3.87. The maximum Gasteiger partial charge on any atom is 0.433 e. The first-order valence-electron chi connectivity index (χ1n) is 6.84. The van der Waals surface area contributed by atoms with E-state index in [2.05, 4.69) is 25.3 Å². The molecule has 1 unspecified atom stereocenters. The van der Waals surface area contributed by atoms with Crippen LogP contribution >= 0.6 is 0 Å². The Morgan fingerprint density at radius 1 is 1.12 bits per heavy atom. The number of aromatic nitrogens is 2. The number of hydrogen-bond donors (Lipinski definition) is 3. The average Bonchev–Trinajstić information content (AvgIpc) is 2.53. The lowest BCUT2D eigenvalue weighted by atomic mass is 10.1. The molecule has 25 heavy (non-hydrogen) atoms. The van der Waals surface area contributed by atoms with E-state index in [0.29, 0.717) is 0 Å². The van der Waals surface area contributed by atoms with E-state index in [1.165, 1.54) is 18.3 Å². The van der Waals surface area contributed by atoms with Gasteiger partial charge in [-0.05, 0) is 18.2 Å². The zero-order chi connectivity index (χ0) is 18.2. The Morgan fingerprint density at radius 2 is 1.88 bits per heavy atom. The number of aliphatic imine (C=N–C) groups is 2. The quantitative estimate of drug-likeness (QED) is 0.699. The van der Waals surface area contributed by atoms with Gasteiger partial charge in [-0.25, -0.2) is 19.4 Å². The second-order valence-electron chi connectivity index (χ2n) is 5.11. The van der Waals surface area contributed by atoms with Crippen molar-refractivity contribution < 1.29 is 17.6 Å². The molecule has 0 amide bonds. The van der Waals surface area contributed by atoms with Crippen LogP contribution in [0, 0.1) is 5.82 Å². The molecule has 0 aromatic carbocycles. The number of rotatable bonds is 2. The van der Waals surface area contributed by atoms with Crippen LogP contribution in [-0.4, -0.2) is 21.8 Å². The highest BCUT2D eigenvalue weighted by atomic mass is 19.4. The van der Waals surface area contributed by atoms with Crippen molar-refractivity contribution in [1.82, 2.24) is 15.3 Å². The van der Waals surface area contributed by atoms with Crippen molar-refractivity contribution in [3.8, 4) is 0 Å². The van der Waals surface area contributed by atoms with Crippen molar-refractivity contribution in [2.75, 3.05) is 0 Å². The van der Waals surface area contributed by atoms with Gasteiger partial charge in [0.2, 0.25) is 5.79 Å². The van der Waals surface area contributed by atoms with Crippen LogP contribution < -0.4 is 16.8 Å². The highest BCUT2D eigenvalue weighted by Gasteiger charge is 2.35. The Hall–Kier alpha value is -3.08. The maximum absolute atomic E-state index is 13.4. The molecule has 5 N–H and O–H groups in total. The van der Waals surface area contributed by atoms with Crippen molar-refractivity contribution in [3.63, 3.8) is 0 Å². The Bertz CT molecular complexity index is 877. The number of alkyl halides is 3. The first-order chi connectivity index (χ1) is 11.7. The van der Waals surface area contributed by atoms with Gasteiger partial charge in [-0.2, -0.15) is 13.2 Å². The molecule has 0 spiro atoms. The lowest BCUT2D eigenvalue weighted by Gasteiger charge is -2.27. The summed E-state index contributed by atoms with van der Waals surface area (Å²) in [6.07, 6.45) is -2.44. The summed E-state index contributed by atoms with van der Waals surface area (Å²) < 4.78 is 51.9. The van der Waals surface area contributed by atoms with Gasteiger partial charge in [0.05, 0.1) is 6.20 Å². The smallest absolute Gasteiger partial charge is 0.370 e. The maximum atomic E-state index is 13.4. The number of hydrogen-bond acceptors (Lipinski definition) is 7. The van der Waals surface area contributed by atoms with E-state index in [-0.39, 0.29) is 23.1 Å². The molecular weight excluding hydrogens is 342 g/mol. The molecular formula is C14H11F4N7. The third kappa shape index (κ3) is 3.40. The van der Waals surface area contributed by atoms with Crippen molar-refractivity contribution in [2.45, 2.75) is 12.0 Å². The van der Waals surface area contributed by atoms with E-state index in [9.17, 15) is 17.6 Å². The summed E-state index contributed by atoms with van der Waals surface area (Å²) >= 11 is 0. The largest absolute Gasteiger partial charge is 0.433 e. The Labute approximate surface area is 138 Å². The molecule has 0 saturated heterocycles. The number of guanidine groups is 1. The summed E-state index contributed by atoms with van der Waals surface area (Å²) in [5, 5.41) is 2.50. The summed E-state index contributed by atoms with van der Waals surface area (Å²) in [6, 6.07) is 4.33. The van der Waals surface area contributed by atoms with Crippen LogP contribution in [0.1, 0.15) is 17.0 Å².